The Labute approximate surface area is 190 Å². The first-order valence-electron chi connectivity index (χ1n) is 9.32. The molecule has 1 heterocycles. The van der Waals surface area contributed by atoms with Crippen molar-refractivity contribution in [1.82, 2.24) is 9.88 Å². The van der Waals surface area contributed by atoms with E-state index in [4.69, 9.17) is 28.2 Å². The minimum absolute atomic E-state index is 0. The van der Waals surface area contributed by atoms with Gasteiger partial charge in [-0.3, -0.25) is 4.98 Å². The average Bonchev–Trinajstić information content (AvgIpc) is 2.64. The number of benzene rings is 1. The summed E-state index contributed by atoms with van der Waals surface area (Å²) >= 11 is 11.8. The van der Waals surface area contributed by atoms with Crippen molar-refractivity contribution in [1.29, 1.82) is 0 Å². The molecule has 1 aromatic carbocycles. The molecular weight excluding hydrogens is 440 g/mol. The lowest BCUT2D eigenvalue weighted by atomic mass is 9.92. The number of hydrogen-bond donors (Lipinski definition) is 1. The number of aryl methyl sites for hydroxylation is 1. The van der Waals surface area contributed by atoms with Gasteiger partial charge in [-0.2, -0.15) is 0 Å². The first-order valence-corrected chi connectivity index (χ1v) is 10.4. The zero-order chi connectivity index (χ0) is 17.5. The number of alkyl halides is 2. The lowest BCUT2D eigenvalue weighted by Gasteiger charge is -2.23. The summed E-state index contributed by atoms with van der Waals surface area (Å²) in [7, 11) is 0. The average molecular weight is 471 g/mol. The zero-order valence-electron chi connectivity index (χ0n) is 16.1. The molecule has 3 rings (SSSR count). The second kappa shape index (κ2) is 14.5. The maximum Gasteiger partial charge on any atom is 0.0726 e. The van der Waals surface area contributed by atoms with Crippen LogP contribution in [0.25, 0.3) is 10.9 Å². The molecule has 28 heavy (non-hydrogen) atoms. The fraction of sp³-hybridized carbons (Fsp3) is 0.550. The molecule has 1 aliphatic rings. The topological polar surface area (TPSA) is 59.7 Å². The molecule has 3 N–H and O–H groups in total. The van der Waals surface area contributed by atoms with Gasteiger partial charge in [0, 0.05) is 48.2 Å². The van der Waals surface area contributed by atoms with Gasteiger partial charge in [0.25, 0.3) is 0 Å². The van der Waals surface area contributed by atoms with E-state index in [1.54, 1.807) is 0 Å². The van der Waals surface area contributed by atoms with Gasteiger partial charge in [-0.05, 0) is 50.3 Å². The highest BCUT2D eigenvalue weighted by molar-refractivity contribution is 6.18. The van der Waals surface area contributed by atoms with Gasteiger partial charge in [-0.25, -0.2) is 0 Å². The Morgan fingerprint density at radius 1 is 0.964 bits per heavy atom. The van der Waals surface area contributed by atoms with Crippen LogP contribution in [0.3, 0.4) is 0 Å². The summed E-state index contributed by atoms with van der Waals surface area (Å²) in [6.07, 6.45) is 5.85. The van der Waals surface area contributed by atoms with Gasteiger partial charge in [0.1, 0.15) is 0 Å². The summed E-state index contributed by atoms with van der Waals surface area (Å²) in [5.74, 6) is 1.32. The van der Waals surface area contributed by atoms with Crippen LogP contribution in [-0.2, 0) is 12.8 Å². The molecule has 0 fully saturated rings. The van der Waals surface area contributed by atoms with Crippen molar-refractivity contribution in [3.63, 3.8) is 0 Å². The van der Waals surface area contributed by atoms with Crippen molar-refractivity contribution >= 4 is 64.6 Å². The van der Waals surface area contributed by atoms with Crippen LogP contribution in [0.2, 0.25) is 0 Å². The van der Waals surface area contributed by atoms with Crippen LogP contribution in [0.4, 0.5) is 5.69 Å². The highest BCUT2D eigenvalue weighted by Gasteiger charge is 2.17. The largest absolute Gasteiger partial charge is 0.412 e. The van der Waals surface area contributed by atoms with Gasteiger partial charge in [0.15, 0.2) is 0 Å². The summed E-state index contributed by atoms with van der Waals surface area (Å²) in [5.41, 5.74) is 5.14. The monoisotopic (exact) mass is 469 g/mol. The summed E-state index contributed by atoms with van der Waals surface area (Å²) in [4.78, 5) is 7.24. The number of para-hydroxylation sites is 1. The lowest BCUT2D eigenvalue weighted by Crippen LogP contribution is -2.30. The Kier molecular flexibility index (Phi) is 14.2. The molecule has 160 valence electrons. The zero-order valence-corrected chi connectivity index (χ0v) is 19.2. The lowest BCUT2D eigenvalue weighted by molar-refractivity contribution is 0.306. The number of fused-ring (bicyclic) bond motifs is 2. The summed E-state index contributed by atoms with van der Waals surface area (Å²) in [5, 5.41) is 4.97. The molecule has 0 radical (unpaired) electrons. The summed E-state index contributed by atoms with van der Waals surface area (Å²) < 4.78 is 0. The predicted molar refractivity (Wildman–Crippen MR) is 127 cm³/mol. The van der Waals surface area contributed by atoms with E-state index in [1.807, 2.05) is 0 Å². The molecule has 0 atom stereocenters. The molecule has 2 aromatic rings. The van der Waals surface area contributed by atoms with Crippen molar-refractivity contribution in [2.24, 2.45) is 0 Å². The van der Waals surface area contributed by atoms with E-state index >= 15 is 0 Å². The van der Waals surface area contributed by atoms with Crippen LogP contribution in [0, 0.1) is 0 Å². The third-order valence-corrected chi connectivity index (χ3v) is 5.26. The van der Waals surface area contributed by atoms with E-state index < -0.39 is 0 Å². The van der Waals surface area contributed by atoms with Crippen molar-refractivity contribution in [3.05, 3.63) is 35.5 Å². The Morgan fingerprint density at radius 3 is 2.36 bits per heavy atom. The number of nitrogens with one attached hydrogen (secondary N) is 1. The van der Waals surface area contributed by atoms with E-state index in [0.717, 1.165) is 51.0 Å². The Balaban J connectivity index is 0.00000243. The molecule has 0 saturated carbocycles. The van der Waals surface area contributed by atoms with Crippen molar-refractivity contribution in [2.75, 3.05) is 43.3 Å². The van der Waals surface area contributed by atoms with E-state index in [1.165, 1.54) is 35.2 Å². The predicted octanol–water partition coefficient (Wildman–Crippen LogP) is 4.71. The number of nitrogens with zero attached hydrogens (tertiary/aromatic N) is 2. The minimum Gasteiger partial charge on any atom is -0.412 e. The van der Waals surface area contributed by atoms with Gasteiger partial charge >= 0.3 is 0 Å². The maximum absolute atomic E-state index is 5.88. The van der Waals surface area contributed by atoms with E-state index in [-0.39, 0.29) is 30.3 Å². The standard InChI is InChI=1S/C20H27Cl2N3.2ClH.H2O/c21-10-14-25(15-11-22)13-5-12-23-20-16-6-1-3-8-18(16)24-19-9-4-2-7-17(19)20;;;/h1,3,6,8H,2,4-5,7,9-15H2,(H,23,24);2*1H;1H2. The van der Waals surface area contributed by atoms with Crippen LogP contribution in [0.1, 0.15) is 30.5 Å². The van der Waals surface area contributed by atoms with E-state index in [0.29, 0.717) is 11.8 Å². The molecule has 0 unspecified atom stereocenters. The normalized spacial score (nSPS) is 12.5. The van der Waals surface area contributed by atoms with Crippen molar-refractivity contribution in [2.45, 2.75) is 32.1 Å². The van der Waals surface area contributed by atoms with Gasteiger partial charge in [-0.1, -0.05) is 18.2 Å². The van der Waals surface area contributed by atoms with E-state index in [9.17, 15) is 0 Å². The first-order chi connectivity index (χ1) is 12.3. The van der Waals surface area contributed by atoms with Crippen LogP contribution >= 0.6 is 48.0 Å². The number of anilines is 1. The molecule has 1 aliphatic carbocycles. The van der Waals surface area contributed by atoms with Gasteiger partial charge in [0.2, 0.25) is 0 Å². The second-order valence-corrected chi connectivity index (χ2v) is 7.39. The number of aromatic nitrogens is 1. The molecule has 0 saturated heterocycles. The fourth-order valence-electron chi connectivity index (χ4n) is 3.66. The number of pyridine rings is 1. The number of hydrogen-bond acceptors (Lipinski definition) is 3. The van der Waals surface area contributed by atoms with Crippen LogP contribution < -0.4 is 5.32 Å². The van der Waals surface area contributed by atoms with Crippen LogP contribution in [-0.4, -0.2) is 53.3 Å². The molecule has 0 spiro atoms. The maximum atomic E-state index is 5.88. The molecule has 0 amide bonds. The first kappa shape index (κ1) is 27.5. The molecule has 1 aromatic heterocycles. The molecule has 0 bridgehead atoms. The highest BCUT2D eigenvalue weighted by atomic mass is 35.5. The van der Waals surface area contributed by atoms with E-state index in [2.05, 4.69) is 34.5 Å². The van der Waals surface area contributed by atoms with Crippen LogP contribution in [0.5, 0.6) is 0 Å². The third kappa shape index (κ3) is 7.08. The van der Waals surface area contributed by atoms with Crippen molar-refractivity contribution in [3.8, 4) is 0 Å². The van der Waals surface area contributed by atoms with Gasteiger partial charge < -0.3 is 15.7 Å². The van der Waals surface area contributed by atoms with Gasteiger partial charge in [0.05, 0.1) is 5.52 Å². The van der Waals surface area contributed by atoms with Crippen molar-refractivity contribution < 1.29 is 5.48 Å². The molecular formula is C20H31Cl4N3O. The SMILES string of the molecule is Cl.Cl.ClCCN(CCCl)CCCNc1c2c(nc3ccccc13)CCCC2.O. The smallest absolute Gasteiger partial charge is 0.0726 e. The molecule has 8 heteroatoms. The number of halogens is 4. The minimum atomic E-state index is 0. The Morgan fingerprint density at radius 2 is 1.64 bits per heavy atom. The quantitative estimate of drug-likeness (QED) is 0.426. The molecule has 4 nitrogen and oxygen atoms in total. The third-order valence-electron chi connectivity index (χ3n) is 4.92. The second-order valence-electron chi connectivity index (χ2n) is 6.64. The Hall–Kier alpha value is -0.490. The van der Waals surface area contributed by atoms with Gasteiger partial charge in [-0.15, -0.1) is 48.0 Å². The van der Waals surface area contributed by atoms with Crippen LogP contribution in [0.15, 0.2) is 24.3 Å². The fourth-order valence-corrected chi connectivity index (χ4v) is 4.14. The number of rotatable bonds is 9. The Bertz CT molecular complexity index is 696. The summed E-state index contributed by atoms with van der Waals surface area (Å²) in [6.45, 7) is 3.79. The summed E-state index contributed by atoms with van der Waals surface area (Å²) in [6, 6.07) is 8.49. The highest BCUT2D eigenvalue weighted by Crippen LogP contribution is 2.33. The molecule has 0 aliphatic heterocycles.